The van der Waals surface area contributed by atoms with E-state index in [9.17, 15) is 14.4 Å². The van der Waals surface area contributed by atoms with Gasteiger partial charge in [0.05, 0.1) is 6.10 Å². The van der Waals surface area contributed by atoms with Gasteiger partial charge in [0.2, 0.25) is 0 Å². The fourth-order valence-electron chi connectivity index (χ4n) is 0.984. The zero-order valence-electron chi connectivity index (χ0n) is 11.6. The molecule has 0 aromatic heterocycles. The molecule has 9 heteroatoms. The van der Waals surface area contributed by atoms with Gasteiger partial charge in [-0.15, -0.1) is 0 Å². The van der Waals surface area contributed by atoms with Crippen molar-refractivity contribution in [2.75, 3.05) is 0 Å². The first kappa shape index (κ1) is 18.4. The van der Waals surface area contributed by atoms with E-state index in [-0.39, 0.29) is 0 Å². The highest BCUT2D eigenvalue weighted by Crippen LogP contribution is 2.03. The Balaban J connectivity index is 4.48. The molecule has 0 aromatic rings. The lowest BCUT2D eigenvalue weighted by molar-refractivity contribution is -0.165. The summed E-state index contributed by atoms with van der Waals surface area (Å²) in [7, 11) is 0. The first-order valence-electron chi connectivity index (χ1n) is 5.98. The van der Waals surface area contributed by atoms with E-state index in [0.717, 1.165) is 0 Å². The number of nitrogens with two attached hydrogens (primary N) is 3. The van der Waals surface area contributed by atoms with Crippen LogP contribution in [0.1, 0.15) is 20.8 Å². The molecule has 0 spiro atoms. The van der Waals surface area contributed by atoms with Crippen LogP contribution >= 0.6 is 0 Å². The standard InChI is InChI=1S/C11H21N3O6/c1-4(12)9(16)20-11(18)8(14)6(3)19-10(17)7(13)5(2)15/h4-8,15H,12-14H2,1-3H3/t4-,5-,6-,7+,8+/m1/s1. The van der Waals surface area contributed by atoms with E-state index in [1.807, 2.05) is 0 Å². The van der Waals surface area contributed by atoms with Crippen LogP contribution in [0.25, 0.3) is 0 Å². The Morgan fingerprint density at radius 3 is 1.80 bits per heavy atom. The average molecular weight is 291 g/mol. The fraction of sp³-hybridized carbons (Fsp3) is 0.727. The Morgan fingerprint density at radius 2 is 1.40 bits per heavy atom. The van der Waals surface area contributed by atoms with Gasteiger partial charge in [-0.1, -0.05) is 0 Å². The summed E-state index contributed by atoms with van der Waals surface area (Å²) in [5.41, 5.74) is 16.1. The van der Waals surface area contributed by atoms with E-state index in [4.69, 9.17) is 27.0 Å². The zero-order chi connectivity index (χ0) is 16.0. The van der Waals surface area contributed by atoms with Crippen molar-refractivity contribution in [2.24, 2.45) is 17.2 Å². The number of rotatable bonds is 6. The molecule has 0 fully saturated rings. The molecule has 0 radical (unpaired) electrons. The van der Waals surface area contributed by atoms with Gasteiger partial charge in [0, 0.05) is 0 Å². The molecular formula is C11H21N3O6. The largest absolute Gasteiger partial charge is 0.459 e. The molecule has 7 N–H and O–H groups in total. The Labute approximate surface area is 116 Å². The Morgan fingerprint density at radius 1 is 0.900 bits per heavy atom. The second-order valence-corrected chi connectivity index (χ2v) is 4.46. The second-order valence-electron chi connectivity index (χ2n) is 4.46. The van der Waals surface area contributed by atoms with Crippen molar-refractivity contribution in [2.45, 2.75) is 51.1 Å². The van der Waals surface area contributed by atoms with Crippen LogP contribution in [0, 0.1) is 0 Å². The molecule has 9 nitrogen and oxygen atoms in total. The van der Waals surface area contributed by atoms with Crippen molar-refractivity contribution >= 4 is 17.9 Å². The van der Waals surface area contributed by atoms with Crippen molar-refractivity contribution in [3.05, 3.63) is 0 Å². The van der Waals surface area contributed by atoms with Gasteiger partial charge in [-0.3, -0.25) is 4.79 Å². The van der Waals surface area contributed by atoms with Crippen molar-refractivity contribution in [1.82, 2.24) is 0 Å². The van der Waals surface area contributed by atoms with Gasteiger partial charge in [0.15, 0.2) is 0 Å². The lowest BCUT2D eigenvalue weighted by Crippen LogP contribution is -2.49. The summed E-state index contributed by atoms with van der Waals surface area (Å²) in [6.07, 6.45) is -2.20. The number of hydrogen-bond acceptors (Lipinski definition) is 9. The summed E-state index contributed by atoms with van der Waals surface area (Å²) >= 11 is 0. The summed E-state index contributed by atoms with van der Waals surface area (Å²) in [6.45, 7) is 3.98. The summed E-state index contributed by atoms with van der Waals surface area (Å²) in [6, 6.07) is -3.61. The summed E-state index contributed by atoms with van der Waals surface area (Å²) < 4.78 is 9.19. The minimum atomic E-state index is -1.37. The summed E-state index contributed by atoms with van der Waals surface area (Å²) in [5.74, 6) is -2.93. The number of ether oxygens (including phenoxy) is 2. The Kier molecular flexibility index (Phi) is 7.29. The number of hydrogen-bond donors (Lipinski definition) is 4. The molecule has 0 aliphatic carbocycles. The quantitative estimate of drug-likeness (QED) is 0.302. The molecule has 0 saturated carbocycles. The number of carbonyl (C=O) groups is 3. The van der Waals surface area contributed by atoms with Crippen LogP contribution < -0.4 is 17.2 Å². The molecule has 0 heterocycles. The molecule has 0 aliphatic heterocycles. The van der Waals surface area contributed by atoms with Gasteiger partial charge in [0.25, 0.3) is 0 Å². The third kappa shape index (κ3) is 5.61. The van der Waals surface area contributed by atoms with Crippen LogP contribution in [-0.4, -0.2) is 53.3 Å². The van der Waals surface area contributed by atoms with Gasteiger partial charge < -0.3 is 31.8 Å². The maximum atomic E-state index is 11.5. The van der Waals surface area contributed by atoms with Crippen molar-refractivity contribution < 1.29 is 29.0 Å². The summed E-state index contributed by atoms with van der Waals surface area (Å²) in [4.78, 5) is 34.1. The predicted molar refractivity (Wildman–Crippen MR) is 67.9 cm³/mol. The van der Waals surface area contributed by atoms with Crippen LogP contribution in [0.5, 0.6) is 0 Å². The molecule has 20 heavy (non-hydrogen) atoms. The number of esters is 3. The molecular weight excluding hydrogens is 270 g/mol. The van der Waals surface area contributed by atoms with E-state index < -0.39 is 48.2 Å². The molecule has 0 bridgehead atoms. The highest BCUT2D eigenvalue weighted by molar-refractivity contribution is 5.91. The Hall–Kier alpha value is -1.55. The Bertz CT molecular complexity index is 371. The molecule has 116 valence electrons. The molecule has 0 saturated heterocycles. The fourth-order valence-corrected chi connectivity index (χ4v) is 0.984. The normalized spacial score (nSPS) is 18.4. The van der Waals surface area contributed by atoms with Crippen LogP contribution in [-0.2, 0) is 23.9 Å². The lowest BCUT2D eigenvalue weighted by Gasteiger charge is -2.21. The second kappa shape index (κ2) is 7.90. The highest BCUT2D eigenvalue weighted by Gasteiger charge is 2.30. The molecule has 5 atom stereocenters. The first-order valence-corrected chi connectivity index (χ1v) is 5.98. The summed E-state index contributed by atoms with van der Waals surface area (Å²) in [5, 5.41) is 9.12. The van der Waals surface area contributed by atoms with Gasteiger partial charge in [-0.2, -0.15) is 0 Å². The minimum Gasteiger partial charge on any atom is -0.459 e. The van der Waals surface area contributed by atoms with Crippen LogP contribution in [0.4, 0.5) is 0 Å². The number of aliphatic hydroxyl groups excluding tert-OH is 1. The number of carbonyl (C=O) groups excluding carboxylic acids is 3. The van der Waals surface area contributed by atoms with Crippen molar-refractivity contribution in [3.63, 3.8) is 0 Å². The molecule has 0 rings (SSSR count). The molecule has 0 unspecified atom stereocenters. The van der Waals surface area contributed by atoms with E-state index in [1.165, 1.54) is 20.8 Å². The van der Waals surface area contributed by atoms with E-state index in [1.54, 1.807) is 0 Å². The first-order chi connectivity index (χ1) is 9.07. The third-order valence-electron chi connectivity index (χ3n) is 2.44. The van der Waals surface area contributed by atoms with E-state index >= 15 is 0 Å². The SMILES string of the molecule is C[C@@H](N)C(=O)OC(=O)[C@@H](N)[C@@H](C)OC(=O)[C@@H](N)[C@@H](C)O. The molecule has 0 amide bonds. The van der Waals surface area contributed by atoms with Gasteiger partial charge in [0.1, 0.15) is 24.2 Å². The maximum Gasteiger partial charge on any atom is 0.334 e. The van der Waals surface area contributed by atoms with E-state index in [0.29, 0.717) is 0 Å². The lowest BCUT2D eigenvalue weighted by atomic mass is 10.1. The number of aliphatic hydroxyl groups is 1. The monoisotopic (exact) mass is 291 g/mol. The molecule has 0 aliphatic rings. The van der Waals surface area contributed by atoms with E-state index in [2.05, 4.69) is 4.74 Å². The minimum absolute atomic E-state index is 0.922. The van der Waals surface area contributed by atoms with Crippen molar-refractivity contribution in [1.29, 1.82) is 0 Å². The van der Waals surface area contributed by atoms with Gasteiger partial charge in [-0.05, 0) is 20.8 Å². The van der Waals surface area contributed by atoms with Crippen LogP contribution in [0.3, 0.4) is 0 Å². The smallest absolute Gasteiger partial charge is 0.334 e. The molecule has 0 aromatic carbocycles. The van der Waals surface area contributed by atoms with Crippen LogP contribution in [0.15, 0.2) is 0 Å². The van der Waals surface area contributed by atoms with Gasteiger partial charge >= 0.3 is 17.9 Å². The third-order valence-corrected chi connectivity index (χ3v) is 2.44. The van der Waals surface area contributed by atoms with Gasteiger partial charge in [-0.25, -0.2) is 9.59 Å². The maximum absolute atomic E-state index is 11.5. The zero-order valence-corrected chi connectivity index (χ0v) is 11.6. The van der Waals surface area contributed by atoms with Crippen LogP contribution in [0.2, 0.25) is 0 Å². The van der Waals surface area contributed by atoms with Crippen molar-refractivity contribution in [3.8, 4) is 0 Å². The average Bonchev–Trinajstić information content (AvgIpc) is 2.35. The highest BCUT2D eigenvalue weighted by atomic mass is 16.6. The predicted octanol–water partition coefficient (Wildman–Crippen LogP) is -2.63. The topological polar surface area (TPSA) is 168 Å².